The number of aliphatic hydroxyl groups is 1. The molecule has 1 aromatic carbocycles. The van der Waals surface area contributed by atoms with Gasteiger partial charge in [-0.25, -0.2) is 0 Å². The van der Waals surface area contributed by atoms with Crippen LogP contribution >= 0.6 is 23.2 Å². The summed E-state index contributed by atoms with van der Waals surface area (Å²) in [5.41, 5.74) is 0.351. The molecule has 0 amide bonds. The Balaban J connectivity index is 2.48. The van der Waals surface area contributed by atoms with E-state index in [9.17, 15) is 5.11 Å². The van der Waals surface area contributed by atoms with E-state index in [-0.39, 0.29) is 0 Å². The molecule has 0 aliphatic carbocycles. The van der Waals surface area contributed by atoms with Crippen LogP contribution in [0.4, 0.5) is 0 Å². The molecule has 0 bridgehead atoms. The van der Waals surface area contributed by atoms with Crippen molar-refractivity contribution in [2.45, 2.75) is 26.0 Å². The maximum Gasteiger partial charge on any atom is 0.0715 e. The SMILES string of the molecule is CC(C)(O)CNCc1ccc(Cl)c(Cl)c1. The molecule has 15 heavy (non-hydrogen) atoms. The first kappa shape index (κ1) is 12.8. The summed E-state index contributed by atoms with van der Waals surface area (Å²) < 4.78 is 0. The molecule has 0 radical (unpaired) electrons. The van der Waals surface area contributed by atoms with Gasteiger partial charge in [0.05, 0.1) is 15.6 Å². The molecular weight excluding hydrogens is 233 g/mol. The minimum atomic E-state index is -0.698. The first-order valence-corrected chi connectivity index (χ1v) is 5.51. The van der Waals surface area contributed by atoms with Crippen molar-refractivity contribution in [3.8, 4) is 0 Å². The normalized spacial score (nSPS) is 11.8. The second kappa shape index (κ2) is 5.17. The van der Waals surface area contributed by atoms with Crippen molar-refractivity contribution in [3.63, 3.8) is 0 Å². The van der Waals surface area contributed by atoms with E-state index in [4.69, 9.17) is 23.2 Å². The highest BCUT2D eigenvalue weighted by Gasteiger charge is 2.11. The Kier molecular flexibility index (Phi) is 4.41. The first-order valence-electron chi connectivity index (χ1n) is 4.75. The van der Waals surface area contributed by atoms with E-state index in [1.807, 2.05) is 12.1 Å². The molecule has 4 heteroatoms. The zero-order valence-corrected chi connectivity index (χ0v) is 10.4. The molecule has 2 nitrogen and oxygen atoms in total. The Labute approximate surface area is 100 Å². The van der Waals surface area contributed by atoms with Crippen LogP contribution in [0.2, 0.25) is 10.0 Å². The van der Waals surface area contributed by atoms with Crippen LogP contribution in [-0.4, -0.2) is 17.3 Å². The summed E-state index contributed by atoms with van der Waals surface area (Å²) >= 11 is 11.7. The zero-order chi connectivity index (χ0) is 11.5. The lowest BCUT2D eigenvalue weighted by Gasteiger charge is -2.17. The third-order valence-corrected chi connectivity index (χ3v) is 2.61. The molecule has 0 atom stereocenters. The Bertz CT molecular complexity index is 334. The summed E-state index contributed by atoms with van der Waals surface area (Å²) in [6, 6.07) is 5.50. The minimum absolute atomic E-state index is 0.535. The fourth-order valence-corrected chi connectivity index (χ4v) is 1.48. The van der Waals surface area contributed by atoms with Crippen LogP contribution in [0.1, 0.15) is 19.4 Å². The molecular formula is C11H15Cl2NO. The predicted molar refractivity (Wildman–Crippen MR) is 64.5 cm³/mol. The maximum absolute atomic E-state index is 9.48. The molecule has 0 saturated heterocycles. The Morgan fingerprint density at radius 3 is 2.47 bits per heavy atom. The van der Waals surface area contributed by atoms with Crippen LogP contribution in [0.5, 0.6) is 0 Å². The molecule has 0 aliphatic rings. The van der Waals surface area contributed by atoms with Gasteiger partial charge in [-0.2, -0.15) is 0 Å². The summed E-state index contributed by atoms with van der Waals surface area (Å²) in [6.45, 7) is 4.72. The van der Waals surface area contributed by atoms with Crippen LogP contribution in [-0.2, 0) is 6.54 Å². The second-order valence-corrected chi connectivity index (χ2v) is 4.98. The van der Waals surface area contributed by atoms with Gasteiger partial charge in [0, 0.05) is 13.1 Å². The fourth-order valence-electron chi connectivity index (χ4n) is 1.16. The summed E-state index contributed by atoms with van der Waals surface area (Å²) in [5, 5.41) is 13.7. The topological polar surface area (TPSA) is 32.3 Å². The molecule has 1 aromatic rings. The quantitative estimate of drug-likeness (QED) is 0.858. The lowest BCUT2D eigenvalue weighted by Crippen LogP contribution is -2.34. The number of hydrogen-bond acceptors (Lipinski definition) is 2. The molecule has 84 valence electrons. The van der Waals surface area contributed by atoms with Gasteiger partial charge in [0.1, 0.15) is 0 Å². The Morgan fingerprint density at radius 1 is 1.27 bits per heavy atom. The van der Waals surface area contributed by atoms with Gasteiger partial charge in [-0.1, -0.05) is 29.3 Å². The van der Waals surface area contributed by atoms with Gasteiger partial charge in [-0.15, -0.1) is 0 Å². The van der Waals surface area contributed by atoms with E-state index in [1.165, 1.54) is 0 Å². The molecule has 2 N–H and O–H groups in total. The van der Waals surface area contributed by atoms with Crippen molar-refractivity contribution in [3.05, 3.63) is 33.8 Å². The summed E-state index contributed by atoms with van der Waals surface area (Å²) in [6.07, 6.45) is 0. The van der Waals surface area contributed by atoms with Gasteiger partial charge in [-0.05, 0) is 31.5 Å². The third-order valence-electron chi connectivity index (χ3n) is 1.87. The first-order chi connectivity index (χ1) is 6.88. The molecule has 0 saturated carbocycles. The lowest BCUT2D eigenvalue weighted by atomic mass is 10.1. The molecule has 0 fully saturated rings. The van der Waals surface area contributed by atoms with Crippen molar-refractivity contribution in [1.82, 2.24) is 5.32 Å². The van der Waals surface area contributed by atoms with Gasteiger partial charge >= 0.3 is 0 Å². The van der Waals surface area contributed by atoms with Crippen LogP contribution in [0, 0.1) is 0 Å². The molecule has 1 rings (SSSR count). The summed E-state index contributed by atoms with van der Waals surface area (Å²) in [4.78, 5) is 0. The summed E-state index contributed by atoms with van der Waals surface area (Å²) in [5.74, 6) is 0. The Hall–Kier alpha value is -0.280. The standard InChI is InChI=1S/C11H15Cl2NO/c1-11(2,15)7-14-6-8-3-4-9(12)10(13)5-8/h3-5,14-15H,6-7H2,1-2H3. The van der Waals surface area contributed by atoms with Gasteiger partial charge in [0.15, 0.2) is 0 Å². The number of benzene rings is 1. The predicted octanol–water partition coefficient (Wildman–Crippen LogP) is 2.85. The monoisotopic (exact) mass is 247 g/mol. The van der Waals surface area contributed by atoms with Crippen molar-refractivity contribution in [1.29, 1.82) is 0 Å². The second-order valence-electron chi connectivity index (χ2n) is 4.16. The average Bonchev–Trinajstić information content (AvgIpc) is 2.09. The van der Waals surface area contributed by atoms with Gasteiger partial charge in [0.2, 0.25) is 0 Å². The molecule has 0 spiro atoms. The van der Waals surface area contributed by atoms with E-state index in [0.29, 0.717) is 23.1 Å². The van der Waals surface area contributed by atoms with E-state index in [1.54, 1.807) is 19.9 Å². The molecule has 0 aliphatic heterocycles. The fraction of sp³-hybridized carbons (Fsp3) is 0.455. The number of hydrogen-bond donors (Lipinski definition) is 2. The molecule has 0 aromatic heterocycles. The van der Waals surface area contributed by atoms with Crippen molar-refractivity contribution < 1.29 is 5.11 Å². The molecule has 0 unspecified atom stereocenters. The van der Waals surface area contributed by atoms with E-state index in [0.717, 1.165) is 5.56 Å². The Morgan fingerprint density at radius 2 is 1.93 bits per heavy atom. The van der Waals surface area contributed by atoms with Crippen LogP contribution < -0.4 is 5.32 Å². The number of nitrogens with one attached hydrogen (secondary N) is 1. The number of halogens is 2. The van der Waals surface area contributed by atoms with Crippen LogP contribution in [0.25, 0.3) is 0 Å². The zero-order valence-electron chi connectivity index (χ0n) is 8.85. The third kappa shape index (κ3) is 4.85. The van der Waals surface area contributed by atoms with Crippen molar-refractivity contribution in [2.24, 2.45) is 0 Å². The largest absolute Gasteiger partial charge is 0.389 e. The number of rotatable bonds is 4. The smallest absolute Gasteiger partial charge is 0.0715 e. The summed E-state index contributed by atoms with van der Waals surface area (Å²) in [7, 11) is 0. The highest BCUT2D eigenvalue weighted by Crippen LogP contribution is 2.22. The van der Waals surface area contributed by atoms with E-state index < -0.39 is 5.60 Å². The lowest BCUT2D eigenvalue weighted by molar-refractivity contribution is 0.0795. The van der Waals surface area contributed by atoms with Gasteiger partial charge < -0.3 is 10.4 Å². The molecule has 0 heterocycles. The van der Waals surface area contributed by atoms with Crippen molar-refractivity contribution >= 4 is 23.2 Å². The van der Waals surface area contributed by atoms with Crippen molar-refractivity contribution in [2.75, 3.05) is 6.54 Å². The van der Waals surface area contributed by atoms with Gasteiger partial charge in [-0.3, -0.25) is 0 Å². The average molecular weight is 248 g/mol. The van der Waals surface area contributed by atoms with E-state index in [2.05, 4.69) is 5.32 Å². The maximum atomic E-state index is 9.48. The van der Waals surface area contributed by atoms with Crippen LogP contribution in [0.3, 0.4) is 0 Å². The van der Waals surface area contributed by atoms with Crippen LogP contribution in [0.15, 0.2) is 18.2 Å². The van der Waals surface area contributed by atoms with E-state index >= 15 is 0 Å². The minimum Gasteiger partial charge on any atom is -0.389 e. The highest BCUT2D eigenvalue weighted by molar-refractivity contribution is 6.42. The van der Waals surface area contributed by atoms with Gasteiger partial charge in [0.25, 0.3) is 0 Å². The highest BCUT2D eigenvalue weighted by atomic mass is 35.5.